The van der Waals surface area contributed by atoms with Crippen molar-refractivity contribution in [1.29, 1.82) is 0 Å². The van der Waals surface area contributed by atoms with Gasteiger partial charge in [-0.2, -0.15) is 0 Å². The molecule has 114 valence electrons. The van der Waals surface area contributed by atoms with Crippen LogP contribution in [0.15, 0.2) is 0 Å². The Morgan fingerprint density at radius 1 is 1.00 bits per heavy atom. The van der Waals surface area contributed by atoms with E-state index < -0.39 is 8.07 Å². The molecule has 0 bridgehead atoms. The topological polar surface area (TPSA) is 77.8 Å². The summed E-state index contributed by atoms with van der Waals surface area (Å²) in [5.41, 5.74) is 0. The van der Waals surface area contributed by atoms with Crippen molar-refractivity contribution < 1.29 is 24.6 Å². The summed E-state index contributed by atoms with van der Waals surface area (Å²) in [6.45, 7) is 3.50. The van der Waals surface area contributed by atoms with E-state index in [2.05, 4.69) is 14.1 Å². The van der Waals surface area contributed by atoms with Crippen molar-refractivity contribution in [3.8, 4) is 0 Å². The Morgan fingerprint density at radius 2 is 1.47 bits per heavy atom. The SMILES string of the molecule is CC(=O)CCC[N+](C)(C)CCC[Si](CO)(CO)CO. The number of carbonyl (C=O) groups excluding carboxylic acids is 1. The molecule has 0 radical (unpaired) electrons. The zero-order chi connectivity index (χ0) is 14.9. The minimum Gasteiger partial charge on any atom is -0.399 e. The number of carbonyl (C=O) groups is 1. The van der Waals surface area contributed by atoms with Crippen molar-refractivity contribution in [2.45, 2.75) is 32.2 Å². The van der Waals surface area contributed by atoms with E-state index in [1.165, 1.54) is 0 Å². The third-order valence-corrected chi connectivity index (χ3v) is 7.20. The number of hydrogen-bond acceptors (Lipinski definition) is 4. The number of hydrogen-bond donors (Lipinski definition) is 3. The highest BCUT2D eigenvalue weighted by Crippen LogP contribution is 2.13. The smallest absolute Gasteiger partial charge is 0.140 e. The lowest BCUT2D eigenvalue weighted by Crippen LogP contribution is -2.49. The van der Waals surface area contributed by atoms with Gasteiger partial charge in [-0.3, -0.25) is 0 Å². The molecule has 5 nitrogen and oxygen atoms in total. The molecule has 0 rings (SSSR count). The molecule has 0 amide bonds. The summed E-state index contributed by atoms with van der Waals surface area (Å²) >= 11 is 0. The first-order chi connectivity index (χ1) is 8.81. The van der Waals surface area contributed by atoms with Gasteiger partial charge in [-0.15, -0.1) is 0 Å². The van der Waals surface area contributed by atoms with E-state index in [0.717, 1.165) is 36.5 Å². The van der Waals surface area contributed by atoms with Crippen LogP contribution in [0.4, 0.5) is 0 Å². The highest BCUT2D eigenvalue weighted by atomic mass is 28.3. The number of quaternary nitrogens is 1. The van der Waals surface area contributed by atoms with E-state index in [1.54, 1.807) is 6.92 Å². The Hall–Kier alpha value is -0.273. The maximum atomic E-state index is 10.9. The maximum Gasteiger partial charge on any atom is 0.140 e. The van der Waals surface area contributed by atoms with Crippen LogP contribution in [0.2, 0.25) is 6.04 Å². The average molecular weight is 292 g/mol. The van der Waals surface area contributed by atoms with E-state index in [0.29, 0.717) is 6.42 Å². The Bertz CT molecular complexity index is 259. The molecule has 0 aromatic carbocycles. The van der Waals surface area contributed by atoms with Crippen LogP contribution in [0.3, 0.4) is 0 Å². The van der Waals surface area contributed by atoms with Gasteiger partial charge in [-0.25, -0.2) is 0 Å². The van der Waals surface area contributed by atoms with Gasteiger partial charge < -0.3 is 24.6 Å². The molecule has 0 aliphatic heterocycles. The molecule has 0 heterocycles. The molecule has 0 atom stereocenters. The summed E-state index contributed by atoms with van der Waals surface area (Å²) in [7, 11) is 1.99. The highest BCUT2D eigenvalue weighted by Gasteiger charge is 2.31. The second-order valence-electron chi connectivity index (χ2n) is 6.27. The highest BCUT2D eigenvalue weighted by molar-refractivity contribution is 6.79. The summed E-state index contributed by atoms with van der Waals surface area (Å²) in [6, 6.07) is 0.741. The zero-order valence-corrected chi connectivity index (χ0v) is 13.6. The van der Waals surface area contributed by atoms with Crippen molar-refractivity contribution in [3.63, 3.8) is 0 Å². The van der Waals surface area contributed by atoms with Gasteiger partial charge in [-0.1, -0.05) is 0 Å². The Labute approximate surface area is 117 Å². The number of rotatable bonds is 11. The quantitative estimate of drug-likeness (QED) is 0.366. The van der Waals surface area contributed by atoms with Gasteiger partial charge in [0.05, 0.1) is 27.2 Å². The lowest BCUT2D eigenvalue weighted by molar-refractivity contribution is -0.890. The average Bonchev–Trinajstić information content (AvgIpc) is 2.34. The zero-order valence-electron chi connectivity index (χ0n) is 12.6. The molecular weight excluding hydrogens is 262 g/mol. The fraction of sp³-hybridized carbons (Fsp3) is 0.923. The third kappa shape index (κ3) is 7.79. The first-order valence-electron chi connectivity index (χ1n) is 6.95. The lowest BCUT2D eigenvalue weighted by Gasteiger charge is -2.32. The summed E-state index contributed by atoms with van der Waals surface area (Å²) in [5.74, 6) is 0.229. The largest absolute Gasteiger partial charge is 0.399 e. The first kappa shape index (κ1) is 18.7. The molecule has 19 heavy (non-hydrogen) atoms. The van der Waals surface area contributed by atoms with E-state index in [9.17, 15) is 20.1 Å². The fourth-order valence-corrected chi connectivity index (χ4v) is 3.82. The molecule has 0 unspecified atom stereocenters. The van der Waals surface area contributed by atoms with Gasteiger partial charge in [0.25, 0.3) is 0 Å². The van der Waals surface area contributed by atoms with Crippen molar-refractivity contribution in [3.05, 3.63) is 0 Å². The molecular formula is C13H30NO4Si+. The van der Waals surface area contributed by atoms with Crippen molar-refractivity contribution in [2.75, 3.05) is 45.9 Å². The van der Waals surface area contributed by atoms with Crippen molar-refractivity contribution in [1.82, 2.24) is 0 Å². The second kappa shape index (κ2) is 8.81. The minimum atomic E-state index is -2.26. The van der Waals surface area contributed by atoms with Gasteiger partial charge in [0.15, 0.2) is 0 Å². The third-order valence-electron chi connectivity index (χ3n) is 3.77. The van der Waals surface area contributed by atoms with Crippen LogP contribution >= 0.6 is 0 Å². The molecule has 0 aliphatic carbocycles. The number of ketones is 1. The van der Waals surface area contributed by atoms with E-state index >= 15 is 0 Å². The molecule has 0 fully saturated rings. The van der Waals surface area contributed by atoms with E-state index in [4.69, 9.17) is 0 Å². The predicted octanol–water partition coefficient (Wildman–Crippen LogP) is -0.135. The van der Waals surface area contributed by atoms with Gasteiger partial charge in [0.1, 0.15) is 13.9 Å². The standard InChI is InChI=1S/C13H30NO4Si/c1-13(18)6-4-7-14(2,3)8-5-9-19(10-15,11-16)12-17/h15-17H,4-12H2,1-3H3/q+1. The predicted molar refractivity (Wildman–Crippen MR) is 78.2 cm³/mol. The molecule has 0 aromatic heterocycles. The van der Waals surface area contributed by atoms with Gasteiger partial charge in [-0.05, 0) is 19.4 Å². The van der Waals surface area contributed by atoms with Gasteiger partial charge in [0, 0.05) is 31.5 Å². The monoisotopic (exact) mass is 292 g/mol. The van der Waals surface area contributed by atoms with E-state index in [-0.39, 0.29) is 24.5 Å². The molecule has 0 aliphatic rings. The molecule has 0 saturated heterocycles. The Balaban J connectivity index is 4.05. The number of Topliss-reactive ketones (excluding diaryl/α,β-unsaturated/α-hetero) is 1. The lowest BCUT2D eigenvalue weighted by atomic mass is 10.2. The summed E-state index contributed by atoms with van der Waals surface area (Å²) in [6.07, 6.45) is 2.24. The van der Waals surface area contributed by atoms with Crippen LogP contribution in [0, 0.1) is 0 Å². The van der Waals surface area contributed by atoms with Crippen LogP contribution < -0.4 is 0 Å². The number of aliphatic hydroxyl groups excluding tert-OH is 3. The maximum absolute atomic E-state index is 10.9. The van der Waals surface area contributed by atoms with Crippen molar-refractivity contribution >= 4 is 13.9 Å². The summed E-state index contributed by atoms with van der Waals surface area (Å²) < 4.78 is 0.833. The second-order valence-corrected chi connectivity index (χ2v) is 10.7. The minimum absolute atomic E-state index is 0.0578. The Morgan fingerprint density at radius 3 is 1.89 bits per heavy atom. The van der Waals surface area contributed by atoms with Gasteiger partial charge in [0.2, 0.25) is 0 Å². The van der Waals surface area contributed by atoms with Crippen molar-refractivity contribution in [2.24, 2.45) is 0 Å². The normalized spacial score (nSPS) is 12.7. The molecule has 0 aromatic rings. The Kier molecular flexibility index (Phi) is 8.68. The summed E-state index contributed by atoms with van der Waals surface area (Å²) in [5, 5.41) is 27.9. The van der Waals surface area contributed by atoms with Crippen LogP contribution in [-0.4, -0.2) is 79.5 Å². The summed E-state index contributed by atoms with van der Waals surface area (Å²) in [4.78, 5) is 10.9. The molecule has 6 heteroatoms. The molecule has 3 N–H and O–H groups in total. The van der Waals surface area contributed by atoms with Crippen LogP contribution in [0.1, 0.15) is 26.2 Å². The van der Waals surface area contributed by atoms with E-state index in [1.807, 2.05) is 0 Å². The molecule has 0 saturated carbocycles. The van der Waals surface area contributed by atoms with Gasteiger partial charge >= 0.3 is 0 Å². The number of nitrogens with zero attached hydrogens (tertiary/aromatic N) is 1. The fourth-order valence-electron chi connectivity index (χ4n) is 2.14. The first-order valence-corrected chi connectivity index (χ1v) is 9.78. The number of aliphatic hydroxyl groups is 3. The van der Waals surface area contributed by atoms with Crippen LogP contribution in [-0.2, 0) is 4.79 Å². The van der Waals surface area contributed by atoms with Crippen LogP contribution in [0.5, 0.6) is 0 Å². The molecule has 0 spiro atoms. The van der Waals surface area contributed by atoms with Crippen LogP contribution in [0.25, 0.3) is 0 Å².